The lowest BCUT2D eigenvalue weighted by Gasteiger charge is -2.59. The molecule has 0 nitrogen and oxygen atoms in total. The number of hydrogen-bond donors (Lipinski definition) is 0. The molecule has 4 aliphatic rings. The van der Waals surface area contributed by atoms with Crippen molar-refractivity contribution in [2.45, 2.75) is 39.0 Å². The fraction of sp³-hybridized carbons (Fsp3) is 0.917. The van der Waals surface area contributed by atoms with Crippen LogP contribution in [0.3, 0.4) is 0 Å². The minimum Gasteiger partial charge on any atom is -0.0591 e. The maximum atomic E-state index is 4.47. The topological polar surface area (TPSA) is 0 Å². The molecular weight excluding hydrogens is 144 g/mol. The van der Waals surface area contributed by atoms with Gasteiger partial charge in [0.15, 0.2) is 0 Å². The van der Waals surface area contributed by atoms with E-state index in [2.05, 4.69) is 13.8 Å². The summed E-state index contributed by atoms with van der Waals surface area (Å²) in [6, 6.07) is 0. The van der Waals surface area contributed by atoms with Gasteiger partial charge in [0.2, 0.25) is 0 Å². The molecule has 0 amide bonds. The summed E-state index contributed by atoms with van der Waals surface area (Å²) in [7, 11) is 0. The van der Waals surface area contributed by atoms with Crippen molar-refractivity contribution in [1.29, 1.82) is 0 Å². The molecule has 0 aromatic carbocycles. The van der Waals surface area contributed by atoms with Gasteiger partial charge >= 0.3 is 0 Å². The second-order valence-corrected chi connectivity index (χ2v) is 5.81. The third-order valence-corrected chi connectivity index (χ3v) is 5.00. The summed E-state index contributed by atoms with van der Waals surface area (Å²) in [6.07, 6.45) is 7.59. The average molecular weight is 163 g/mol. The van der Waals surface area contributed by atoms with E-state index in [9.17, 15) is 0 Å². The molecule has 12 heavy (non-hydrogen) atoms. The largest absolute Gasteiger partial charge is 0.0591 e. The zero-order valence-electron chi connectivity index (χ0n) is 8.05. The Morgan fingerprint density at radius 1 is 0.917 bits per heavy atom. The van der Waals surface area contributed by atoms with Crippen LogP contribution in [-0.4, -0.2) is 0 Å². The third-order valence-electron chi connectivity index (χ3n) is 5.00. The zero-order chi connectivity index (χ0) is 8.34. The molecule has 0 heterocycles. The molecule has 0 aromatic rings. The molecular formula is C12H19. The van der Waals surface area contributed by atoms with Gasteiger partial charge in [-0.25, -0.2) is 0 Å². The van der Waals surface area contributed by atoms with Crippen LogP contribution in [0.1, 0.15) is 39.0 Å². The number of rotatable bonds is 0. The van der Waals surface area contributed by atoms with Gasteiger partial charge in [0, 0.05) is 0 Å². The Balaban J connectivity index is 1.96. The molecule has 0 unspecified atom stereocenters. The standard InChI is InChI=1S/C12H19/c1-12(2)10-4-8-3-9(6-10)7-11(12)5-8/h8-11H,1,3-7H2,2H3. The van der Waals surface area contributed by atoms with E-state index >= 15 is 0 Å². The van der Waals surface area contributed by atoms with Gasteiger partial charge in [0.05, 0.1) is 0 Å². The normalized spacial score (nSPS) is 54.5. The van der Waals surface area contributed by atoms with Crippen LogP contribution in [0.2, 0.25) is 0 Å². The Hall–Kier alpha value is 0. The first-order chi connectivity index (χ1) is 5.66. The molecule has 4 bridgehead atoms. The first kappa shape index (κ1) is 7.41. The van der Waals surface area contributed by atoms with Gasteiger partial charge in [-0.15, -0.1) is 0 Å². The fourth-order valence-electron chi connectivity index (χ4n) is 4.26. The van der Waals surface area contributed by atoms with E-state index in [1.165, 1.54) is 25.7 Å². The van der Waals surface area contributed by atoms with Crippen molar-refractivity contribution < 1.29 is 0 Å². The molecule has 1 radical (unpaired) electrons. The lowest BCUT2D eigenvalue weighted by molar-refractivity contribution is -0.0726. The van der Waals surface area contributed by atoms with Crippen LogP contribution in [0.5, 0.6) is 0 Å². The van der Waals surface area contributed by atoms with E-state index in [0.29, 0.717) is 5.41 Å². The van der Waals surface area contributed by atoms with Crippen LogP contribution < -0.4 is 0 Å². The summed E-state index contributed by atoms with van der Waals surface area (Å²) < 4.78 is 0. The molecule has 0 N–H and O–H groups in total. The van der Waals surface area contributed by atoms with Gasteiger partial charge in [-0.3, -0.25) is 0 Å². The van der Waals surface area contributed by atoms with Gasteiger partial charge in [-0.05, 0) is 68.1 Å². The van der Waals surface area contributed by atoms with Crippen molar-refractivity contribution in [2.24, 2.45) is 29.1 Å². The maximum absolute atomic E-state index is 4.47. The molecule has 0 saturated heterocycles. The van der Waals surface area contributed by atoms with E-state index in [1.54, 1.807) is 6.42 Å². The van der Waals surface area contributed by atoms with Crippen molar-refractivity contribution >= 4 is 0 Å². The SMILES string of the molecule is [CH2]C1(C)C2CC3CC(C2)CC1C3. The molecule has 4 saturated carbocycles. The van der Waals surface area contributed by atoms with Gasteiger partial charge in [0.25, 0.3) is 0 Å². The van der Waals surface area contributed by atoms with Gasteiger partial charge in [-0.2, -0.15) is 0 Å². The van der Waals surface area contributed by atoms with Crippen LogP contribution in [0.15, 0.2) is 0 Å². The Kier molecular flexibility index (Phi) is 1.28. The van der Waals surface area contributed by atoms with Crippen LogP contribution >= 0.6 is 0 Å². The molecule has 0 aromatic heterocycles. The summed E-state index contributed by atoms with van der Waals surface area (Å²) in [4.78, 5) is 0. The summed E-state index contributed by atoms with van der Waals surface area (Å²) in [5.41, 5.74) is 0.452. The van der Waals surface area contributed by atoms with E-state index in [-0.39, 0.29) is 0 Å². The molecule has 0 aliphatic heterocycles. The highest BCUT2D eigenvalue weighted by molar-refractivity contribution is 5.05. The predicted octanol–water partition coefficient (Wildman–Crippen LogP) is 3.28. The Morgan fingerprint density at radius 2 is 1.33 bits per heavy atom. The van der Waals surface area contributed by atoms with Crippen molar-refractivity contribution in [2.75, 3.05) is 0 Å². The highest BCUT2D eigenvalue weighted by Crippen LogP contribution is 2.61. The first-order valence-corrected chi connectivity index (χ1v) is 5.51. The van der Waals surface area contributed by atoms with Crippen LogP contribution in [-0.2, 0) is 0 Å². The molecule has 67 valence electrons. The molecule has 0 heteroatoms. The molecule has 0 spiro atoms. The summed E-state index contributed by atoms with van der Waals surface area (Å²) in [5, 5.41) is 0. The van der Waals surface area contributed by atoms with Crippen molar-refractivity contribution in [3.63, 3.8) is 0 Å². The lowest BCUT2D eigenvalue weighted by atomic mass is 9.46. The van der Waals surface area contributed by atoms with Crippen molar-refractivity contribution in [1.82, 2.24) is 0 Å². The zero-order valence-corrected chi connectivity index (χ0v) is 8.05. The number of hydrogen-bond acceptors (Lipinski definition) is 0. The smallest absolute Gasteiger partial charge is 0.0269 e. The minimum atomic E-state index is 0.452. The van der Waals surface area contributed by atoms with E-state index in [0.717, 1.165) is 23.7 Å². The molecule has 4 fully saturated rings. The second-order valence-electron chi connectivity index (χ2n) is 5.81. The summed E-state index contributed by atoms with van der Waals surface area (Å²) >= 11 is 0. The summed E-state index contributed by atoms with van der Waals surface area (Å²) in [6.45, 7) is 6.89. The van der Waals surface area contributed by atoms with Gasteiger partial charge in [0.1, 0.15) is 0 Å². The third kappa shape index (κ3) is 0.791. The monoisotopic (exact) mass is 163 g/mol. The van der Waals surface area contributed by atoms with Crippen molar-refractivity contribution in [3.8, 4) is 0 Å². The fourth-order valence-corrected chi connectivity index (χ4v) is 4.26. The van der Waals surface area contributed by atoms with Crippen LogP contribution in [0.4, 0.5) is 0 Å². The second kappa shape index (κ2) is 2.08. The first-order valence-electron chi connectivity index (χ1n) is 5.51. The van der Waals surface area contributed by atoms with E-state index in [4.69, 9.17) is 0 Å². The quantitative estimate of drug-likeness (QED) is 0.514. The molecule has 4 aliphatic carbocycles. The highest BCUT2D eigenvalue weighted by atomic mass is 14.6. The molecule has 0 atom stereocenters. The predicted molar refractivity (Wildman–Crippen MR) is 50.5 cm³/mol. The van der Waals surface area contributed by atoms with Crippen molar-refractivity contribution in [3.05, 3.63) is 6.92 Å². The van der Waals surface area contributed by atoms with E-state index in [1.807, 2.05) is 0 Å². The van der Waals surface area contributed by atoms with Gasteiger partial charge in [-0.1, -0.05) is 6.92 Å². The summed E-state index contributed by atoms with van der Waals surface area (Å²) in [5.74, 6) is 4.16. The highest BCUT2D eigenvalue weighted by Gasteiger charge is 2.52. The maximum Gasteiger partial charge on any atom is -0.0269 e. The lowest BCUT2D eigenvalue weighted by Crippen LogP contribution is -2.50. The van der Waals surface area contributed by atoms with Crippen LogP contribution in [0.25, 0.3) is 0 Å². The Morgan fingerprint density at radius 3 is 1.75 bits per heavy atom. The molecule has 4 rings (SSSR count). The average Bonchev–Trinajstić information content (AvgIpc) is 1.99. The minimum absolute atomic E-state index is 0.452. The van der Waals surface area contributed by atoms with Gasteiger partial charge < -0.3 is 0 Å². The van der Waals surface area contributed by atoms with Crippen LogP contribution in [0, 0.1) is 36.0 Å². The Bertz CT molecular complexity index is 172. The van der Waals surface area contributed by atoms with E-state index < -0.39 is 0 Å². The Labute approximate surface area is 75.7 Å².